The second-order valence-electron chi connectivity index (χ2n) is 4.52. The van der Waals surface area contributed by atoms with Crippen molar-refractivity contribution in [1.82, 2.24) is 5.32 Å². The van der Waals surface area contributed by atoms with Gasteiger partial charge in [0.2, 0.25) is 5.91 Å². The molecule has 1 amide bonds. The Kier molecular flexibility index (Phi) is 5.11. The lowest BCUT2D eigenvalue weighted by Crippen LogP contribution is -2.28. The van der Waals surface area contributed by atoms with Crippen LogP contribution in [0.1, 0.15) is 12.2 Å². The van der Waals surface area contributed by atoms with Gasteiger partial charge in [0.25, 0.3) is 0 Å². The number of carbonyl (C=O) groups is 2. The zero-order chi connectivity index (χ0) is 15.9. The smallest absolute Gasteiger partial charge is 0.352 e. The molecule has 0 radical (unpaired) electrons. The lowest BCUT2D eigenvalue weighted by atomic mass is 10.2. The average Bonchev–Trinajstić information content (AvgIpc) is 2.96. The fraction of sp³-hybridized carbons (Fsp3) is 0.125. The monoisotopic (exact) mass is 300 g/mol. The molecule has 0 saturated heterocycles. The maximum atomic E-state index is 11.4. The SMILES string of the molecule is NCCC(=O)NC(=Cc1ccc(-c2ccccc2)o1)C(=O)O. The van der Waals surface area contributed by atoms with Gasteiger partial charge in [-0.25, -0.2) is 4.79 Å². The average molecular weight is 300 g/mol. The molecule has 1 aromatic carbocycles. The van der Waals surface area contributed by atoms with Gasteiger partial charge in [-0.15, -0.1) is 0 Å². The van der Waals surface area contributed by atoms with Gasteiger partial charge in [-0.3, -0.25) is 4.79 Å². The maximum absolute atomic E-state index is 11.4. The number of nitrogens with two attached hydrogens (primary N) is 1. The molecular weight excluding hydrogens is 284 g/mol. The predicted molar refractivity (Wildman–Crippen MR) is 81.6 cm³/mol. The molecule has 6 heteroatoms. The molecule has 2 aromatic rings. The molecule has 0 aliphatic carbocycles. The van der Waals surface area contributed by atoms with Crippen molar-refractivity contribution in [3.05, 3.63) is 53.9 Å². The third-order valence-corrected chi connectivity index (χ3v) is 2.85. The quantitative estimate of drug-likeness (QED) is 0.706. The number of amides is 1. The Morgan fingerprint density at radius 3 is 2.55 bits per heavy atom. The maximum Gasteiger partial charge on any atom is 0.352 e. The van der Waals surface area contributed by atoms with Crippen molar-refractivity contribution in [2.24, 2.45) is 5.73 Å². The second kappa shape index (κ2) is 7.24. The van der Waals surface area contributed by atoms with Gasteiger partial charge in [-0.05, 0) is 12.1 Å². The summed E-state index contributed by atoms with van der Waals surface area (Å²) < 4.78 is 5.58. The highest BCUT2D eigenvalue weighted by Gasteiger charge is 2.12. The van der Waals surface area contributed by atoms with Gasteiger partial charge in [0, 0.05) is 24.6 Å². The number of rotatable bonds is 6. The van der Waals surface area contributed by atoms with Crippen LogP contribution in [-0.2, 0) is 9.59 Å². The predicted octanol–water partition coefficient (Wildman–Crippen LogP) is 1.84. The van der Waals surface area contributed by atoms with Gasteiger partial charge in [0.1, 0.15) is 17.2 Å². The molecule has 0 bridgehead atoms. The minimum Gasteiger partial charge on any atom is -0.477 e. The summed E-state index contributed by atoms with van der Waals surface area (Å²) in [7, 11) is 0. The second-order valence-corrected chi connectivity index (χ2v) is 4.52. The molecule has 1 heterocycles. The number of carboxylic acids is 1. The molecule has 1 aromatic heterocycles. The first kappa shape index (κ1) is 15.5. The summed E-state index contributed by atoms with van der Waals surface area (Å²) in [4.78, 5) is 22.6. The van der Waals surface area contributed by atoms with Crippen LogP contribution in [0.2, 0.25) is 0 Å². The summed E-state index contributed by atoms with van der Waals surface area (Å²) in [5.41, 5.74) is 5.88. The number of hydrogen-bond donors (Lipinski definition) is 3. The van der Waals surface area contributed by atoms with Crippen LogP contribution in [0.5, 0.6) is 0 Å². The summed E-state index contributed by atoms with van der Waals surface area (Å²) in [6.45, 7) is 0.150. The van der Waals surface area contributed by atoms with Crippen LogP contribution in [0.15, 0.2) is 52.6 Å². The van der Waals surface area contributed by atoms with Crippen molar-refractivity contribution in [2.45, 2.75) is 6.42 Å². The molecular formula is C16H16N2O4. The van der Waals surface area contributed by atoms with E-state index in [0.29, 0.717) is 11.5 Å². The van der Waals surface area contributed by atoms with E-state index in [1.807, 2.05) is 30.3 Å². The topological polar surface area (TPSA) is 106 Å². The van der Waals surface area contributed by atoms with Crippen LogP contribution >= 0.6 is 0 Å². The fourth-order valence-corrected chi connectivity index (χ4v) is 1.83. The molecule has 22 heavy (non-hydrogen) atoms. The van der Waals surface area contributed by atoms with Crippen LogP contribution in [-0.4, -0.2) is 23.5 Å². The Hall–Kier alpha value is -2.86. The minimum absolute atomic E-state index is 0.0536. The molecule has 0 fully saturated rings. The van der Waals surface area contributed by atoms with Gasteiger partial charge < -0.3 is 20.6 Å². The first-order valence-corrected chi connectivity index (χ1v) is 6.70. The van der Waals surface area contributed by atoms with Crippen molar-refractivity contribution < 1.29 is 19.1 Å². The van der Waals surface area contributed by atoms with E-state index in [1.165, 1.54) is 6.08 Å². The molecule has 0 atom stereocenters. The van der Waals surface area contributed by atoms with E-state index < -0.39 is 11.9 Å². The van der Waals surface area contributed by atoms with Crippen LogP contribution in [0.4, 0.5) is 0 Å². The Balaban J connectivity index is 2.20. The Bertz CT molecular complexity index is 689. The number of furan rings is 1. The van der Waals surface area contributed by atoms with Crippen LogP contribution in [0, 0.1) is 0 Å². The number of aliphatic carboxylic acids is 1. The van der Waals surface area contributed by atoms with Crippen LogP contribution < -0.4 is 11.1 Å². The van der Waals surface area contributed by atoms with E-state index in [0.717, 1.165) is 5.56 Å². The van der Waals surface area contributed by atoms with E-state index in [4.69, 9.17) is 15.3 Å². The summed E-state index contributed by atoms with van der Waals surface area (Å²) in [5.74, 6) is -0.747. The van der Waals surface area contributed by atoms with Crippen molar-refractivity contribution in [3.8, 4) is 11.3 Å². The summed E-state index contributed by atoms with van der Waals surface area (Å²) in [6, 6.07) is 12.8. The van der Waals surface area contributed by atoms with Crippen molar-refractivity contribution in [1.29, 1.82) is 0 Å². The molecule has 0 spiro atoms. The minimum atomic E-state index is -1.25. The van der Waals surface area contributed by atoms with Crippen molar-refractivity contribution >= 4 is 18.0 Å². The van der Waals surface area contributed by atoms with Gasteiger partial charge >= 0.3 is 5.97 Å². The molecule has 6 nitrogen and oxygen atoms in total. The number of hydrogen-bond acceptors (Lipinski definition) is 4. The Morgan fingerprint density at radius 2 is 1.91 bits per heavy atom. The van der Waals surface area contributed by atoms with E-state index in [1.54, 1.807) is 12.1 Å². The van der Waals surface area contributed by atoms with Gasteiger partial charge in [-0.1, -0.05) is 30.3 Å². The molecule has 4 N–H and O–H groups in total. The van der Waals surface area contributed by atoms with Crippen molar-refractivity contribution in [2.75, 3.05) is 6.54 Å². The van der Waals surface area contributed by atoms with E-state index in [-0.39, 0.29) is 18.7 Å². The lowest BCUT2D eigenvalue weighted by Gasteiger charge is -2.04. The highest BCUT2D eigenvalue weighted by Crippen LogP contribution is 2.22. The van der Waals surface area contributed by atoms with Gasteiger partial charge in [-0.2, -0.15) is 0 Å². The lowest BCUT2D eigenvalue weighted by molar-refractivity contribution is -0.134. The first-order valence-electron chi connectivity index (χ1n) is 6.70. The first-order chi connectivity index (χ1) is 10.6. The van der Waals surface area contributed by atoms with Crippen molar-refractivity contribution in [3.63, 3.8) is 0 Å². The van der Waals surface area contributed by atoms with Crippen LogP contribution in [0.25, 0.3) is 17.4 Å². The van der Waals surface area contributed by atoms with E-state index >= 15 is 0 Å². The standard InChI is InChI=1S/C16H16N2O4/c17-9-8-15(19)18-13(16(20)21)10-12-6-7-14(22-12)11-4-2-1-3-5-11/h1-7,10H,8-9,17H2,(H,18,19)(H,20,21). The number of nitrogens with one attached hydrogen (secondary N) is 1. The summed E-state index contributed by atoms with van der Waals surface area (Å²) >= 11 is 0. The zero-order valence-corrected chi connectivity index (χ0v) is 11.8. The van der Waals surface area contributed by atoms with Gasteiger partial charge in [0.15, 0.2) is 0 Å². The molecule has 114 valence electrons. The number of carboxylic acid groups (broad SMARTS) is 1. The summed E-state index contributed by atoms with van der Waals surface area (Å²) in [5, 5.41) is 11.4. The Morgan fingerprint density at radius 1 is 1.18 bits per heavy atom. The highest BCUT2D eigenvalue weighted by atomic mass is 16.4. The van der Waals surface area contributed by atoms with E-state index in [2.05, 4.69) is 5.32 Å². The highest BCUT2D eigenvalue weighted by molar-refractivity contribution is 5.96. The third kappa shape index (κ3) is 4.07. The zero-order valence-electron chi connectivity index (χ0n) is 11.8. The third-order valence-electron chi connectivity index (χ3n) is 2.85. The number of carbonyl (C=O) groups excluding carboxylic acids is 1. The normalized spacial score (nSPS) is 11.2. The summed E-state index contributed by atoms with van der Waals surface area (Å²) in [6.07, 6.45) is 1.32. The number of benzene rings is 1. The molecule has 0 aliphatic rings. The molecule has 0 unspecified atom stereocenters. The van der Waals surface area contributed by atoms with E-state index in [9.17, 15) is 9.59 Å². The molecule has 0 saturated carbocycles. The molecule has 2 rings (SSSR count). The molecule has 0 aliphatic heterocycles. The van der Waals surface area contributed by atoms with Gasteiger partial charge in [0.05, 0.1) is 0 Å². The largest absolute Gasteiger partial charge is 0.477 e. The fourth-order valence-electron chi connectivity index (χ4n) is 1.83. The Labute approximate surface area is 127 Å². The van der Waals surface area contributed by atoms with Crippen LogP contribution in [0.3, 0.4) is 0 Å².